The first-order chi connectivity index (χ1) is 6.79. The second-order valence-electron chi connectivity index (χ2n) is 3.90. The van der Waals surface area contributed by atoms with Gasteiger partial charge < -0.3 is 10.8 Å². The van der Waals surface area contributed by atoms with Gasteiger partial charge in [0.15, 0.2) is 0 Å². The fraction of sp³-hybridized carbons (Fsp3) is 0.364. The number of carboxylic acids is 1. The van der Waals surface area contributed by atoms with E-state index in [1.807, 2.05) is 0 Å². The molecule has 0 atom stereocenters. The molecule has 0 radical (unpaired) electrons. The SMILES string of the molecule is Cc1cc(C#CC(C)(C)N)sc1C(=O)O. The molecule has 15 heavy (non-hydrogen) atoms. The number of carboxylic acid groups (broad SMARTS) is 1. The highest BCUT2D eigenvalue weighted by atomic mass is 32.1. The molecule has 1 aromatic heterocycles. The Labute approximate surface area is 92.9 Å². The first kappa shape index (κ1) is 11.8. The predicted octanol–water partition coefficient (Wildman–Crippen LogP) is 1.84. The van der Waals surface area contributed by atoms with Gasteiger partial charge in [-0.3, -0.25) is 0 Å². The van der Waals surface area contributed by atoms with Gasteiger partial charge in [-0.15, -0.1) is 11.3 Å². The van der Waals surface area contributed by atoms with Crippen molar-refractivity contribution in [2.24, 2.45) is 5.73 Å². The fourth-order valence-electron chi connectivity index (χ4n) is 0.979. The second kappa shape index (κ2) is 4.05. The van der Waals surface area contributed by atoms with E-state index in [1.54, 1.807) is 26.8 Å². The molecule has 0 aliphatic rings. The van der Waals surface area contributed by atoms with E-state index >= 15 is 0 Å². The Morgan fingerprint density at radius 2 is 2.20 bits per heavy atom. The van der Waals surface area contributed by atoms with Crippen LogP contribution in [0.5, 0.6) is 0 Å². The molecule has 0 aliphatic heterocycles. The summed E-state index contributed by atoms with van der Waals surface area (Å²) in [6.45, 7) is 5.37. The van der Waals surface area contributed by atoms with Crippen molar-refractivity contribution in [3.63, 3.8) is 0 Å². The lowest BCUT2D eigenvalue weighted by Crippen LogP contribution is -2.29. The summed E-state index contributed by atoms with van der Waals surface area (Å²) in [5.74, 6) is 4.84. The minimum Gasteiger partial charge on any atom is -0.477 e. The highest BCUT2D eigenvalue weighted by Gasteiger charge is 2.11. The third-order valence-corrected chi connectivity index (χ3v) is 2.76. The molecule has 3 nitrogen and oxygen atoms in total. The van der Waals surface area contributed by atoms with Gasteiger partial charge in [0, 0.05) is 0 Å². The Balaban J connectivity index is 3.02. The fourth-order valence-corrected chi connectivity index (χ4v) is 1.84. The lowest BCUT2D eigenvalue weighted by molar-refractivity contribution is 0.0701. The summed E-state index contributed by atoms with van der Waals surface area (Å²) < 4.78 is 0. The van der Waals surface area contributed by atoms with E-state index in [1.165, 1.54) is 11.3 Å². The predicted molar refractivity (Wildman–Crippen MR) is 61.2 cm³/mol. The standard InChI is InChI=1S/C11H13NO2S/c1-7-6-8(4-5-11(2,3)12)15-9(7)10(13)14/h6H,12H2,1-3H3,(H,13,14). The maximum absolute atomic E-state index is 10.8. The molecule has 0 saturated carbocycles. The van der Waals surface area contributed by atoms with Gasteiger partial charge in [-0.1, -0.05) is 11.8 Å². The molecule has 1 aromatic rings. The highest BCUT2D eigenvalue weighted by molar-refractivity contribution is 7.14. The number of hydrogen-bond acceptors (Lipinski definition) is 3. The summed E-state index contributed by atoms with van der Waals surface area (Å²) >= 11 is 1.18. The maximum Gasteiger partial charge on any atom is 0.346 e. The molecule has 1 rings (SSSR count). The first-order valence-corrected chi connectivity index (χ1v) is 5.27. The molecule has 4 heteroatoms. The molecular weight excluding hydrogens is 210 g/mol. The summed E-state index contributed by atoms with van der Waals surface area (Å²) in [5, 5.41) is 8.84. The molecule has 0 fully saturated rings. The van der Waals surface area contributed by atoms with Gasteiger partial charge in [0.2, 0.25) is 0 Å². The molecule has 1 heterocycles. The molecular formula is C11H13NO2S. The van der Waals surface area contributed by atoms with Crippen LogP contribution in [0.1, 0.15) is 34.0 Å². The van der Waals surface area contributed by atoms with Gasteiger partial charge in [-0.2, -0.15) is 0 Å². The summed E-state index contributed by atoms with van der Waals surface area (Å²) in [5.41, 5.74) is 5.89. The molecule has 0 unspecified atom stereocenters. The number of thiophene rings is 1. The molecule has 0 amide bonds. The van der Waals surface area contributed by atoms with E-state index < -0.39 is 11.5 Å². The monoisotopic (exact) mass is 223 g/mol. The minimum absolute atomic E-state index is 0.342. The maximum atomic E-state index is 10.8. The Kier molecular flexibility index (Phi) is 3.18. The molecule has 0 spiro atoms. The molecule has 0 saturated heterocycles. The third kappa shape index (κ3) is 3.39. The zero-order valence-corrected chi connectivity index (χ0v) is 9.73. The summed E-state index contributed by atoms with van der Waals surface area (Å²) in [4.78, 5) is 11.9. The topological polar surface area (TPSA) is 63.3 Å². The number of carbonyl (C=O) groups is 1. The van der Waals surface area contributed by atoms with E-state index in [4.69, 9.17) is 10.8 Å². The van der Waals surface area contributed by atoms with E-state index in [2.05, 4.69) is 11.8 Å². The van der Waals surface area contributed by atoms with Crippen molar-refractivity contribution in [3.05, 3.63) is 21.4 Å². The van der Waals surface area contributed by atoms with Crippen molar-refractivity contribution in [2.45, 2.75) is 26.3 Å². The largest absolute Gasteiger partial charge is 0.477 e. The van der Waals surface area contributed by atoms with Gasteiger partial charge in [0.05, 0.1) is 10.4 Å². The second-order valence-corrected chi connectivity index (χ2v) is 4.95. The third-order valence-electron chi connectivity index (χ3n) is 1.62. The van der Waals surface area contributed by atoms with Crippen LogP contribution in [0.3, 0.4) is 0 Å². The van der Waals surface area contributed by atoms with E-state index in [-0.39, 0.29) is 0 Å². The van der Waals surface area contributed by atoms with Crippen LogP contribution in [0, 0.1) is 18.8 Å². The van der Waals surface area contributed by atoms with Gasteiger partial charge in [0.25, 0.3) is 0 Å². The van der Waals surface area contributed by atoms with Crippen molar-refractivity contribution in [2.75, 3.05) is 0 Å². The number of aromatic carboxylic acids is 1. The Hall–Kier alpha value is -1.31. The van der Waals surface area contributed by atoms with Crippen molar-refractivity contribution in [1.82, 2.24) is 0 Å². The lowest BCUT2D eigenvalue weighted by Gasteiger charge is -2.06. The Bertz CT molecular complexity index is 443. The number of aryl methyl sites for hydroxylation is 1. The van der Waals surface area contributed by atoms with Crippen LogP contribution >= 0.6 is 11.3 Å². The molecule has 0 aliphatic carbocycles. The average Bonchev–Trinajstić information content (AvgIpc) is 2.42. The minimum atomic E-state index is -0.905. The number of rotatable bonds is 1. The number of hydrogen-bond donors (Lipinski definition) is 2. The molecule has 0 aromatic carbocycles. The van der Waals surface area contributed by atoms with Crippen molar-refractivity contribution < 1.29 is 9.90 Å². The van der Waals surface area contributed by atoms with Gasteiger partial charge in [-0.25, -0.2) is 4.79 Å². The van der Waals surface area contributed by atoms with Gasteiger partial charge >= 0.3 is 5.97 Å². The van der Waals surface area contributed by atoms with Crippen LogP contribution in [0.4, 0.5) is 0 Å². The summed E-state index contributed by atoms with van der Waals surface area (Å²) in [6.07, 6.45) is 0. The van der Waals surface area contributed by atoms with E-state index in [0.29, 0.717) is 4.88 Å². The smallest absolute Gasteiger partial charge is 0.346 e. The molecule has 80 valence electrons. The quantitative estimate of drug-likeness (QED) is 0.714. The van der Waals surface area contributed by atoms with Gasteiger partial charge in [0.1, 0.15) is 4.88 Å². The van der Waals surface area contributed by atoms with Crippen LogP contribution < -0.4 is 5.73 Å². The van der Waals surface area contributed by atoms with Crippen molar-refractivity contribution in [3.8, 4) is 11.8 Å². The normalized spacial score (nSPS) is 10.7. The lowest BCUT2D eigenvalue weighted by atomic mass is 10.1. The van der Waals surface area contributed by atoms with Crippen LogP contribution in [-0.2, 0) is 0 Å². The highest BCUT2D eigenvalue weighted by Crippen LogP contribution is 2.20. The zero-order valence-electron chi connectivity index (χ0n) is 8.92. The summed E-state index contributed by atoms with van der Waals surface area (Å²) in [7, 11) is 0. The zero-order chi connectivity index (χ0) is 11.6. The van der Waals surface area contributed by atoms with Crippen LogP contribution in [-0.4, -0.2) is 16.6 Å². The molecule has 3 N–H and O–H groups in total. The molecule has 0 bridgehead atoms. The first-order valence-electron chi connectivity index (χ1n) is 4.45. The van der Waals surface area contributed by atoms with Crippen LogP contribution in [0.2, 0.25) is 0 Å². The van der Waals surface area contributed by atoms with Crippen LogP contribution in [0.25, 0.3) is 0 Å². The van der Waals surface area contributed by atoms with E-state index in [9.17, 15) is 4.79 Å². The number of nitrogens with two attached hydrogens (primary N) is 1. The van der Waals surface area contributed by atoms with Crippen molar-refractivity contribution in [1.29, 1.82) is 0 Å². The van der Waals surface area contributed by atoms with E-state index in [0.717, 1.165) is 10.4 Å². The summed E-state index contributed by atoms with van der Waals surface area (Å²) in [6, 6.07) is 1.77. The Morgan fingerprint density at radius 3 is 2.60 bits per heavy atom. The van der Waals surface area contributed by atoms with Crippen LogP contribution in [0.15, 0.2) is 6.07 Å². The van der Waals surface area contributed by atoms with Gasteiger partial charge in [-0.05, 0) is 32.4 Å². The average molecular weight is 223 g/mol. The van der Waals surface area contributed by atoms with Crippen molar-refractivity contribution >= 4 is 17.3 Å². The Morgan fingerprint density at radius 1 is 1.60 bits per heavy atom.